The molecule has 0 atom stereocenters. The fourth-order valence-electron chi connectivity index (χ4n) is 3.28. The quantitative estimate of drug-likeness (QED) is 0.641. The number of nitrogens with zero attached hydrogens (tertiary/aromatic N) is 1. The molecule has 1 aliphatic rings. The van der Waals surface area contributed by atoms with Crippen molar-refractivity contribution in [1.29, 1.82) is 0 Å². The van der Waals surface area contributed by atoms with Gasteiger partial charge < -0.3 is 4.74 Å². The number of benzene rings is 1. The number of ether oxygens (including phenoxy) is 1. The Hall–Kier alpha value is -2.56. The number of hydrogen-bond donors (Lipinski definition) is 0. The molecule has 24 heavy (non-hydrogen) atoms. The third kappa shape index (κ3) is 2.70. The second kappa shape index (κ2) is 6.15. The number of hydrogen-bond acceptors (Lipinski definition) is 5. The van der Waals surface area contributed by atoms with Gasteiger partial charge in [-0.15, -0.1) is 0 Å². The number of carbonyl (C=O) groups excluding carboxylic acids is 3. The van der Waals surface area contributed by atoms with Gasteiger partial charge in [-0.05, 0) is 24.5 Å². The summed E-state index contributed by atoms with van der Waals surface area (Å²) in [5.74, 6) is -2.21. The third-order valence-corrected chi connectivity index (χ3v) is 4.48. The molecule has 0 saturated heterocycles. The smallest absolute Gasteiger partial charge is 0.224 e. The Labute approximate surface area is 140 Å². The average molecular weight is 325 g/mol. The van der Waals surface area contributed by atoms with E-state index in [4.69, 9.17) is 4.74 Å². The lowest BCUT2D eigenvalue weighted by Gasteiger charge is -2.23. The van der Waals surface area contributed by atoms with E-state index in [1.807, 2.05) is 32.0 Å². The molecular weight excluding hydrogens is 306 g/mol. The first kappa shape index (κ1) is 16.3. The van der Waals surface area contributed by atoms with Crippen LogP contribution in [0.25, 0.3) is 10.9 Å². The molecule has 1 aromatic heterocycles. The van der Waals surface area contributed by atoms with Gasteiger partial charge in [-0.3, -0.25) is 14.4 Å². The number of rotatable bonds is 3. The molecule has 5 nitrogen and oxygen atoms in total. The van der Waals surface area contributed by atoms with Crippen LogP contribution in [0, 0.1) is 18.8 Å². The topological polar surface area (TPSA) is 73.3 Å². The molecule has 5 heteroatoms. The average Bonchev–Trinajstić information content (AvgIpc) is 2.53. The molecule has 1 saturated carbocycles. The fourth-order valence-corrected chi connectivity index (χ4v) is 3.28. The van der Waals surface area contributed by atoms with Crippen molar-refractivity contribution in [2.24, 2.45) is 11.8 Å². The predicted octanol–water partition coefficient (Wildman–Crippen LogP) is 2.92. The van der Waals surface area contributed by atoms with Crippen LogP contribution in [-0.4, -0.2) is 29.4 Å². The maximum Gasteiger partial charge on any atom is 0.224 e. The van der Waals surface area contributed by atoms with Crippen LogP contribution < -0.4 is 4.74 Å². The molecule has 1 aromatic carbocycles. The zero-order chi connectivity index (χ0) is 17.4. The summed E-state index contributed by atoms with van der Waals surface area (Å²) >= 11 is 0. The van der Waals surface area contributed by atoms with Gasteiger partial charge in [-0.25, -0.2) is 4.98 Å². The standard InChI is InChI=1S/C19H19NO4/c1-10-7-14(21)16(15(22)8-10)18(23)13-9-12-6-4-5-11(2)17(12)20-19(13)24-3/h4-6,9-10,16H,7-8H2,1-3H3. The molecule has 0 amide bonds. The van der Waals surface area contributed by atoms with E-state index in [0.29, 0.717) is 0 Å². The van der Waals surface area contributed by atoms with Gasteiger partial charge in [-0.1, -0.05) is 25.1 Å². The van der Waals surface area contributed by atoms with Crippen molar-refractivity contribution in [3.8, 4) is 5.88 Å². The minimum absolute atomic E-state index is 0.00618. The molecule has 0 aliphatic heterocycles. The molecule has 1 aliphatic carbocycles. The number of ketones is 3. The van der Waals surface area contributed by atoms with E-state index in [-0.39, 0.29) is 41.8 Å². The highest BCUT2D eigenvalue weighted by Crippen LogP contribution is 2.30. The van der Waals surface area contributed by atoms with Crippen molar-refractivity contribution in [2.75, 3.05) is 7.11 Å². The van der Waals surface area contributed by atoms with Crippen molar-refractivity contribution < 1.29 is 19.1 Å². The number of pyridine rings is 1. The molecule has 1 fully saturated rings. The molecule has 2 aromatic rings. The summed E-state index contributed by atoms with van der Waals surface area (Å²) in [6, 6.07) is 7.30. The summed E-state index contributed by atoms with van der Waals surface area (Å²) in [4.78, 5) is 41.8. The Morgan fingerprint density at radius 2 is 1.88 bits per heavy atom. The van der Waals surface area contributed by atoms with Crippen LogP contribution in [0.5, 0.6) is 5.88 Å². The number of aryl methyl sites for hydroxylation is 1. The number of aromatic nitrogens is 1. The molecule has 1 heterocycles. The number of Topliss-reactive ketones (excluding diaryl/α,β-unsaturated/α-hetero) is 3. The first-order chi connectivity index (χ1) is 11.4. The molecule has 124 valence electrons. The van der Waals surface area contributed by atoms with E-state index in [9.17, 15) is 14.4 Å². The maximum absolute atomic E-state index is 12.9. The van der Waals surface area contributed by atoms with Crippen LogP contribution in [-0.2, 0) is 9.59 Å². The monoisotopic (exact) mass is 325 g/mol. The molecular formula is C19H19NO4. The van der Waals surface area contributed by atoms with E-state index in [2.05, 4.69) is 4.98 Å². The number of fused-ring (bicyclic) bond motifs is 1. The van der Waals surface area contributed by atoms with Gasteiger partial charge in [0.2, 0.25) is 5.88 Å². The molecule has 3 rings (SSSR count). The summed E-state index contributed by atoms with van der Waals surface area (Å²) in [7, 11) is 1.43. The summed E-state index contributed by atoms with van der Waals surface area (Å²) in [6.45, 7) is 3.77. The Bertz CT molecular complexity index is 838. The van der Waals surface area contributed by atoms with E-state index < -0.39 is 11.7 Å². The lowest BCUT2D eigenvalue weighted by molar-refractivity contribution is -0.134. The SMILES string of the molecule is COc1nc2c(C)cccc2cc1C(=O)C1C(=O)CC(C)CC1=O. The fraction of sp³-hybridized carbons (Fsp3) is 0.368. The van der Waals surface area contributed by atoms with Crippen molar-refractivity contribution in [2.45, 2.75) is 26.7 Å². The van der Waals surface area contributed by atoms with Crippen molar-refractivity contribution in [3.05, 3.63) is 35.4 Å². The Morgan fingerprint density at radius 3 is 2.50 bits per heavy atom. The summed E-state index contributed by atoms with van der Waals surface area (Å²) in [6.07, 6.45) is 0.509. The van der Waals surface area contributed by atoms with Gasteiger partial charge in [0, 0.05) is 18.2 Å². The zero-order valence-corrected chi connectivity index (χ0v) is 14.0. The highest BCUT2D eigenvalue weighted by Gasteiger charge is 2.40. The normalized spacial score (nSPS) is 21.1. The molecule has 0 N–H and O–H groups in total. The molecule has 0 unspecified atom stereocenters. The van der Waals surface area contributed by atoms with Gasteiger partial charge in [0.15, 0.2) is 17.3 Å². The predicted molar refractivity (Wildman–Crippen MR) is 89.3 cm³/mol. The highest BCUT2D eigenvalue weighted by atomic mass is 16.5. The van der Waals surface area contributed by atoms with Gasteiger partial charge in [-0.2, -0.15) is 0 Å². The van der Waals surface area contributed by atoms with Gasteiger partial charge in [0.25, 0.3) is 0 Å². The second-order valence-electron chi connectivity index (χ2n) is 6.44. The van der Waals surface area contributed by atoms with E-state index >= 15 is 0 Å². The van der Waals surface area contributed by atoms with E-state index in [1.54, 1.807) is 6.07 Å². The minimum atomic E-state index is -1.22. The van der Waals surface area contributed by atoms with Crippen LogP contribution in [0.1, 0.15) is 35.7 Å². The van der Waals surface area contributed by atoms with Crippen molar-refractivity contribution >= 4 is 28.3 Å². The Morgan fingerprint density at radius 1 is 1.21 bits per heavy atom. The van der Waals surface area contributed by atoms with Gasteiger partial charge >= 0.3 is 0 Å². The summed E-state index contributed by atoms with van der Waals surface area (Å²) in [5, 5.41) is 0.781. The number of methoxy groups -OCH3 is 1. The van der Waals surface area contributed by atoms with Crippen molar-refractivity contribution in [3.63, 3.8) is 0 Å². The lowest BCUT2D eigenvalue weighted by atomic mass is 9.77. The van der Waals surface area contributed by atoms with Gasteiger partial charge in [0.05, 0.1) is 18.2 Å². The number of carbonyl (C=O) groups is 3. The van der Waals surface area contributed by atoms with Gasteiger partial charge in [0.1, 0.15) is 5.92 Å². The molecule has 0 spiro atoms. The van der Waals surface area contributed by atoms with Crippen LogP contribution in [0.15, 0.2) is 24.3 Å². The Kier molecular flexibility index (Phi) is 4.18. The maximum atomic E-state index is 12.9. The van der Waals surface area contributed by atoms with Crippen molar-refractivity contribution in [1.82, 2.24) is 4.98 Å². The van der Waals surface area contributed by atoms with Crippen LogP contribution in [0.3, 0.4) is 0 Å². The van der Waals surface area contributed by atoms with Crippen LogP contribution in [0.2, 0.25) is 0 Å². The summed E-state index contributed by atoms with van der Waals surface area (Å²) < 4.78 is 5.26. The first-order valence-electron chi connectivity index (χ1n) is 7.96. The highest BCUT2D eigenvalue weighted by molar-refractivity contribution is 6.26. The largest absolute Gasteiger partial charge is 0.480 e. The third-order valence-electron chi connectivity index (χ3n) is 4.48. The number of para-hydroxylation sites is 1. The minimum Gasteiger partial charge on any atom is -0.480 e. The van der Waals surface area contributed by atoms with E-state index in [0.717, 1.165) is 16.5 Å². The lowest BCUT2D eigenvalue weighted by Crippen LogP contribution is -2.38. The zero-order valence-electron chi connectivity index (χ0n) is 14.0. The van der Waals surface area contributed by atoms with Crippen LogP contribution >= 0.6 is 0 Å². The Balaban J connectivity index is 2.09. The summed E-state index contributed by atoms with van der Waals surface area (Å²) in [5.41, 5.74) is 1.89. The molecule has 0 radical (unpaired) electrons. The first-order valence-corrected chi connectivity index (χ1v) is 7.96. The molecule has 0 bridgehead atoms. The second-order valence-corrected chi connectivity index (χ2v) is 6.44. The van der Waals surface area contributed by atoms with Crippen LogP contribution in [0.4, 0.5) is 0 Å². The van der Waals surface area contributed by atoms with E-state index in [1.165, 1.54) is 7.11 Å².